The van der Waals surface area contributed by atoms with Crippen LogP contribution in [0, 0.1) is 0 Å². The lowest BCUT2D eigenvalue weighted by atomic mass is 9.90. The summed E-state index contributed by atoms with van der Waals surface area (Å²) < 4.78 is 5.83. The Labute approximate surface area is 127 Å². The second-order valence-electron chi connectivity index (χ2n) is 5.40. The summed E-state index contributed by atoms with van der Waals surface area (Å²) in [5.74, 6) is 2.38. The van der Waals surface area contributed by atoms with Crippen molar-refractivity contribution in [1.82, 2.24) is 0 Å². The summed E-state index contributed by atoms with van der Waals surface area (Å²) in [6.07, 6.45) is 4.69. The maximum atomic E-state index is 5.83. The van der Waals surface area contributed by atoms with Gasteiger partial charge in [-0.25, -0.2) is 0 Å². The fraction of sp³-hybridized carbons (Fsp3) is 0.368. The number of para-hydroxylation sites is 1. The maximum Gasteiger partial charge on any atom is 0.127 e. The summed E-state index contributed by atoms with van der Waals surface area (Å²) in [6.45, 7) is 3.01. The van der Waals surface area contributed by atoms with Crippen LogP contribution in [0.15, 0.2) is 54.6 Å². The molecule has 2 nitrogen and oxygen atoms in total. The summed E-state index contributed by atoms with van der Waals surface area (Å²) in [5, 5.41) is 0. The zero-order chi connectivity index (χ0) is 14.9. The molecule has 0 saturated heterocycles. The van der Waals surface area contributed by atoms with Crippen molar-refractivity contribution >= 4 is 0 Å². The highest BCUT2D eigenvalue weighted by Gasteiger charge is 2.10. The van der Waals surface area contributed by atoms with Crippen LogP contribution in [0.5, 0.6) is 11.5 Å². The standard InChI is InChI=1S/C19H25NO/c1-2-7-16(8-6-15-20)17-11-13-19(14-12-17)21-18-9-4-3-5-10-18/h3-5,9-14,16H,2,6-8,15,20H2,1H3. The number of hydrogen-bond acceptors (Lipinski definition) is 2. The fourth-order valence-corrected chi connectivity index (χ4v) is 2.62. The van der Waals surface area contributed by atoms with Crippen molar-refractivity contribution in [2.75, 3.05) is 6.54 Å². The minimum absolute atomic E-state index is 0.615. The van der Waals surface area contributed by atoms with Crippen LogP contribution in [0.25, 0.3) is 0 Å². The topological polar surface area (TPSA) is 35.2 Å². The molecule has 0 fully saturated rings. The lowest BCUT2D eigenvalue weighted by molar-refractivity contribution is 0.481. The van der Waals surface area contributed by atoms with Gasteiger partial charge in [0.1, 0.15) is 11.5 Å². The van der Waals surface area contributed by atoms with E-state index in [1.54, 1.807) is 0 Å². The van der Waals surface area contributed by atoms with Gasteiger partial charge in [0, 0.05) is 0 Å². The van der Waals surface area contributed by atoms with Crippen molar-refractivity contribution in [3.8, 4) is 11.5 Å². The molecule has 112 valence electrons. The first-order valence-corrected chi connectivity index (χ1v) is 7.86. The molecular weight excluding hydrogens is 258 g/mol. The lowest BCUT2D eigenvalue weighted by Gasteiger charge is -2.16. The number of nitrogens with two attached hydrogens (primary N) is 1. The van der Waals surface area contributed by atoms with E-state index in [1.165, 1.54) is 24.8 Å². The first-order valence-electron chi connectivity index (χ1n) is 7.86. The van der Waals surface area contributed by atoms with Gasteiger partial charge in [-0.3, -0.25) is 0 Å². The Bertz CT molecular complexity index is 507. The van der Waals surface area contributed by atoms with E-state index in [2.05, 4.69) is 31.2 Å². The molecule has 0 spiro atoms. The minimum Gasteiger partial charge on any atom is -0.457 e. The zero-order valence-electron chi connectivity index (χ0n) is 12.8. The van der Waals surface area contributed by atoms with Crippen LogP contribution in [0.3, 0.4) is 0 Å². The van der Waals surface area contributed by atoms with Crippen LogP contribution in [0.2, 0.25) is 0 Å². The monoisotopic (exact) mass is 283 g/mol. The van der Waals surface area contributed by atoms with Gasteiger partial charge in [0.25, 0.3) is 0 Å². The summed E-state index contributed by atoms with van der Waals surface area (Å²) in [5.41, 5.74) is 7.04. The fourth-order valence-electron chi connectivity index (χ4n) is 2.62. The Kier molecular flexibility index (Phi) is 6.29. The molecular formula is C19H25NO. The van der Waals surface area contributed by atoms with Gasteiger partial charge < -0.3 is 10.5 Å². The van der Waals surface area contributed by atoms with Gasteiger partial charge in [0.15, 0.2) is 0 Å². The van der Waals surface area contributed by atoms with Crippen LogP contribution < -0.4 is 10.5 Å². The molecule has 0 bridgehead atoms. The third-order valence-electron chi connectivity index (χ3n) is 3.72. The Hall–Kier alpha value is -1.80. The van der Waals surface area contributed by atoms with Gasteiger partial charge in [-0.05, 0) is 61.6 Å². The minimum atomic E-state index is 0.615. The molecule has 2 heteroatoms. The SMILES string of the molecule is CCCC(CCCN)c1ccc(Oc2ccccc2)cc1. The van der Waals surface area contributed by atoms with Gasteiger partial charge in [-0.1, -0.05) is 43.7 Å². The molecule has 2 aromatic carbocycles. The Morgan fingerprint density at radius 3 is 2.19 bits per heavy atom. The van der Waals surface area contributed by atoms with Crippen LogP contribution in [-0.2, 0) is 0 Å². The number of benzene rings is 2. The molecule has 2 rings (SSSR count). The van der Waals surface area contributed by atoms with E-state index in [1.807, 2.05) is 30.3 Å². The van der Waals surface area contributed by atoms with E-state index in [4.69, 9.17) is 10.5 Å². The van der Waals surface area contributed by atoms with Crippen molar-refractivity contribution in [3.05, 3.63) is 60.2 Å². The quantitative estimate of drug-likeness (QED) is 0.731. The maximum absolute atomic E-state index is 5.83. The van der Waals surface area contributed by atoms with Crippen molar-refractivity contribution in [3.63, 3.8) is 0 Å². The second kappa shape index (κ2) is 8.48. The van der Waals surface area contributed by atoms with Gasteiger partial charge in [-0.15, -0.1) is 0 Å². The van der Waals surface area contributed by atoms with Gasteiger partial charge >= 0.3 is 0 Å². The highest BCUT2D eigenvalue weighted by atomic mass is 16.5. The third kappa shape index (κ3) is 4.91. The lowest BCUT2D eigenvalue weighted by Crippen LogP contribution is -2.04. The number of rotatable bonds is 8. The van der Waals surface area contributed by atoms with Crippen molar-refractivity contribution in [2.45, 2.75) is 38.5 Å². The molecule has 0 aliphatic carbocycles. The molecule has 0 aromatic heterocycles. The Morgan fingerprint density at radius 1 is 0.905 bits per heavy atom. The molecule has 2 aromatic rings. The van der Waals surface area contributed by atoms with Crippen molar-refractivity contribution in [1.29, 1.82) is 0 Å². The van der Waals surface area contributed by atoms with E-state index >= 15 is 0 Å². The average Bonchev–Trinajstić information content (AvgIpc) is 2.53. The molecule has 0 aliphatic heterocycles. The second-order valence-corrected chi connectivity index (χ2v) is 5.40. The highest BCUT2D eigenvalue weighted by molar-refractivity contribution is 5.34. The average molecular weight is 283 g/mol. The van der Waals surface area contributed by atoms with E-state index < -0.39 is 0 Å². The molecule has 1 unspecified atom stereocenters. The molecule has 0 radical (unpaired) electrons. The first kappa shape index (κ1) is 15.6. The largest absolute Gasteiger partial charge is 0.457 e. The molecule has 1 atom stereocenters. The molecule has 0 aliphatic rings. The van der Waals surface area contributed by atoms with E-state index in [9.17, 15) is 0 Å². The predicted molar refractivity (Wildman–Crippen MR) is 88.9 cm³/mol. The third-order valence-corrected chi connectivity index (χ3v) is 3.72. The molecule has 0 saturated carbocycles. The van der Waals surface area contributed by atoms with Crippen LogP contribution in [0.4, 0.5) is 0 Å². The van der Waals surface area contributed by atoms with Crippen LogP contribution in [0.1, 0.15) is 44.1 Å². The molecule has 2 N–H and O–H groups in total. The summed E-state index contributed by atoms with van der Waals surface area (Å²) in [4.78, 5) is 0. The van der Waals surface area contributed by atoms with E-state index in [-0.39, 0.29) is 0 Å². The molecule has 21 heavy (non-hydrogen) atoms. The van der Waals surface area contributed by atoms with Gasteiger partial charge in [-0.2, -0.15) is 0 Å². The van der Waals surface area contributed by atoms with Crippen LogP contribution >= 0.6 is 0 Å². The highest BCUT2D eigenvalue weighted by Crippen LogP contribution is 2.29. The smallest absolute Gasteiger partial charge is 0.127 e. The normalized spacial score (nSPS) is 12.1. The number of hydrogen-bond donors (Lipinski definition) is 1. The summed E-state index contributed by atoms with van der Waals surface area (Å²) >= 11 is 0. The van der Waals surface area contributed by atoms with Crippen molar-refractivity contribution < 1.29 is 4.74 Å². The molecule has 0 heterocycles. The first-order chi connectivity index (χ1) is 10.3. The van der Waals surface area contributed by atoms with Gasteiger partial charge in [0.2, 0.25) is 0 Å². The summed E-state index contributed by atoms with van der Waals surface area (Å²) in [7, 11) is 0. The Balaban J connectivity index is 2.02. The number of ether oxygens (including phenoxy) is 1. The zero-order valence-corrected chi connectivity index (χ0v) is 12.8. The van der Waals surface area contributed by atoms with Gasteiger partial charge in [0.05, 0.1) is 0 Å². The Morgan fingerprint density at radius 2 is 1.57 bits per heavy atom. The van der Waals surface area contributed by atoms with E-state index in [0.29, 0.717) is 5.92 Å². The van der Waals surface area contributed by atoms with Crippen LogP contribution in [-0.4, -0.2) is 6.54 Å². The summed E-state index contributed by atoms with van der Waals surface area (Å²) in [6, 6.07) is 18.4. The molecule has 0 amide bonds. The van der Waals surface area contributed by atoms with E-state index in [0.717, 1.165) is 24.5 Å². The van der Waals surface area contributed by atoms with Crippen molar-refractivity contribution in [2.24, 2.45) is 5.73 Å². The predicted octanol–water partition coefficient (Wildman–Crippen LogP) is 5.10.